The summed E-state index contributed by atoms with van der Waals surface area (Å²) in [5, 5.41) is 25.8. The number of hydrogen-bond acceptors (Lipinski definition) is 6. The molecule has 3 N–H and O–H groups in total. The Morgan fingerprint density at radius 1 is 0.688 bits per heavy atom. The Morgan fingerprint density at radius 2 is 1.12 bits per heavy atom. The van der Waals surface area contributed by atoms with Gasteiger partial charge in [0.15, 0.2) is 0 Å². The molecule has 2 unspecified atom stereocenters. The van der Waals surface area contributed by atoms with E-state index >= 15 is 0 Å². The number of aliphatic hydroxyl groups excluding tert-OH is 1. The van der Waals surface area contributed by atoms with E-state index in [9.17, 15) is 14.4 Å². The Labute approximate surface area is 193 Å². The molecular formula is C24H46O8. The molecule has 8 heteroatoms. The van der Waals surface area contributed by atoms with Crippen LogP contribution in [0.2, 0.25) is 0 Å². The summed E-state index contributed by atoms with van der Waals surface area (Å²) in [6.07, 6.45) is 11.3. The first-order chi connectivity index (χ1) is 15.2. The highest BCUT2D eigenvalue weighted by atomic mass is 16.6. The minimum absolute atomic E-state index is 0.199. The first-order valence-corrected chi connectivity index (χ1v) is 12.1. The molecule has 0 fully saturated rings. The molecular weight excluding hydrogens is 416 g/mol. The summed E-state index contributed by atoms with van der Waals surface area (Å²) in [6.45, 7) is 6.03. The zero-order valence-corrected chi connectivity index (χ0v) is 20.4. The summed E-state index contributed by atoms with van der Waals surface area (Å²) < 4.78 is 10.3. The van der Waals surface area contributed by atoms with Crippen LogP contribution in [0, 0.1) is 0 Å². The highest BCUT2D eigenvalue weighted by molar-refractivity contribution is 5.69. The minimum atomic E-state index is -0.759. The molecule has 8 nitrogen and oxygen atoms in total. The number of hydrogen-bond donors (Lipinski definition) is 3. The highest BCUT2D eigenvalue weighted by Gasteiger charge is 2.08. The largest absolute Gasteiger partial charge is 0.481 e. The fraction of sp³-hybridized carbons (Fsp3) is 0.875. The summed E-state index contributed by atoms with van der Waals surface area (Å²) in [7, 11) is 0. The van der Waals surface area contributed by atoms with Gasteiger partial charge in [0, 0.05) is 19.3 Å². The van der Waals surface area contributed by atoms with Crippen LogP contribution in [0.1, 0.15) is 111 Å². The van der Waals surface area contributed by atoms with Gasteiger partial charge in [0.05, 0.1) is 18.8 Å². The van der Waals surface area contributed by atoms with Crippen LogP contribution in [0.3, 0.4) is 0 Å². The Hall–Kier alpha value is -1.67. The molecule has 190 valence electrons. The molecule has 0 radical (unpaired) electrons. The Kier molecular flexibility index (Phi) is 24.4. The molecule has 0 saturated carbocycles. The fourth-order valence-electron chi connectivity index (χ4n) is 2.77. The molecule has 0 saturated heterocycles. The molecule has 0 heterocycles. The maximum Gasteiger partial charge on any atom is 0.305 e. The van der Waals surface area contributed by atoms with E-state index in [0.29, 0.717) is 19.3 Å². The lowest BCUT2D eigenvalue weighted by Crippen LogP contribution is -2.23. The van der Waals surface area contributed by atoms with Gasteiger partial charge >= 0.3 is 17.9 Å². The third-order valence-corrected chi connectivity index (χ3v) is 4.62. The number of aliphatic carboxylic acids is 2. The van der Waals surface area contributed by atoms with E-state index in [1.165, 1.54) is 25.7 Å². The van der Waals surface area contributed by atoms with Crippen LogP contribution in [0.5, 0.6) is 0 Å². The molecule has 0 spiro atoms. The van der Waals surface area contributed by atoms with Crippen LogP contribution in [0.4, 0.5) is 0 Å². The molecule has 0 aliphatic heterocycles. The van der Waals surface area contributed by atoms with Crippen molar-refractivity contribution in [2.24, 2.45) is 0 Å². The van der Waals surface area contributed by atoms with E-state index in [1.54, 1.807) is 13.8 Å². The predicted molar refractivity (Wildman–Crippen MR) is 124 cm³/mol. The van der Waals surface area contributed by atoms with E-state index in [1.807, 2.05) is 0 Å². The van der Waals surface area contributed by atoms with Crippen LogP contribution in [0.25, 0.3) is 0 Å². The lowest BCUT2D eigenvalue weighted by Gasteiger charge is -2.14. The van der Waals surface area contributed by atoms with Crippen molar-refractivity contribution in [3.8, 4) is 0 Å². The number of carbonyl (C=O) groups is 3. The van der Waals surface area contributed by atoms with Gasteiger partial charge in [-0.2, -0.15) is 0 Å². The summed E-state index contributed by atoms with van der Waals surface area (Å²) in [5.74, 6) is -1.67. The van der Waals surface area contributed by atoms with E-state index in [0.717, 1.165) is 38.5 Å². The Bertz CT molecular complexity index is 465. The van der Waals surface area contributed by atoms with Gasteiger partial charge in [0.2, 0.25) is 0 Å². The zero-order chi connectivity index (χ0) is 24.6. The van der Waals surface area contributed by atoms with E-state index < -0.39 is 18.0 Å². The van der Waals surface area contributed by atoms with Crippen LogP contribution in [0.15, 0.2) is 0 Å². The number of esters is 1. The van der Waals surface area contributed by atoms with Crippen molar-refractivity contribution in [3.63, 3.8) is 0 Å². The second kappa shape index (κ2) is 24.0. The topological polar surface area (TPSA) is 130 Å². The van der Waals surface area contributed by atoms with Crippen molar-refractivity contribution in [3.05, 3.63) is 0 Å². The summed E-state index contributed by atoms with van der Waals surface area (Å²) >= 11 is 0. The Morgan fingerprint density at radius 3 is 1.56 bits per heavy atom. The summed E-state index contributed by atoms with van der Waals surface area (Å²) in [5.41, 5.74) is 0. The quantitative estimate of drug-likeness (QED) is 0.171. The van der Waals surface area contributed by atoms with Crippen molar-refractivity contribution >= 4 is 17.9 Å². The average molecular weight is 463 g/mol. The van der Waals surface area contributed by atoms with Gasteiger partial charge in [-0.1, -0.05) is 58.3 Å². The zero-order valence-electron chi connectivity index (χ0n) is 20.4. The number of ether oxygens (including phenoxy) is 2. The second-order valence-electron chi connectivity index (χ2n) is 8.25. The van der Waals surface area contributed by atoms with Crippen molar-refractivity contribution in [2.75, 3.05) is 13.2 Å². The third kappa shape index (κ3) is 30.5. The van der Waals surface area contributed by atoms with Crippen LogP contribution < -0.4 is 0 Å². The van der Waals surface area contributed by atoms with Gasteiger partial charge in [0.25, 0.3) is 0 Å². The molecule has 0 aromatic carbocycles. The standard InChI is InChI=1S/C15H28O6.C9H18O2/c1-12(16)10-20-13(2)11-21-15(19)9-7-5-3-4-6-8-14(17)18;1-2-3-4-5-6-7-8-9(10)11/h12-13,16H,3-11H2,1-2H3,(H,17,18);2-8H2,1H3,(H,10,11). The van der Waals surface area contributed by atoms with Crippen molar-refractivity contribution in [1.29, 1.82) is 0 Å². The van der Waals surface area contributed by atoms with Crippen LogP contribution in [-0.4, -0.2) is 58.6 Å². The van der Waals surface area contributed by atoms with Crippen LogP contribution in [-0.2, 0) is 23.9 Å². The molecule has 0 aromatic heterocycles. The lowest BCUT2D eigenvalue weighted by molar-refractivity contribution is -0.148. The molecule has 0 amide bonds. The van der Waals surface area contributed by atoms with Crippen molar-refractivity contribution < 1.29 is 39.2 Å². The number of aliphatic hydroxyl groups is 1. The van der Waals surface area contributed by atoms with Gasteiger partial charge in [-0.25, -0.2) is 0 Å². The van der Waals surface area contributed by atoms with Gasteiger partial charge in [0.1, 0.15) is 6.61 Å². The summed E-state index contributed by atoms with van der Waals surface area (Å²) in [4.78, 5) is 31.8. The van der Waals surface area contributed by atoms with Crippen molar-refractivity contribution in [1.82, 2.24) is 0 Å². The number of carbonyl (C=O) groups excluding carboxylic acids is 1. The van der Waals surface area contributed by atoms with Gasteiger partial charge in [-0.15, -0.1) is 0 Å². The number of carboxylic acid groups (broad SMARTS) is 2. The first-order valence-electron chi connectivity index (χ1n) is 12.1. The first kappa shape index (κ1) is 32.5. The summed E-state index contributed by atoms with van der Waals surface area (Å²) in [6, 6.07) is 0. The normalized spacial score (nSPS) is 12.4. The van der Waals surface area contributed by atoms with Gasteiger partial charge in [-0.05, 0) is 33.1 Å². The monoisotopic (exact) mass is 462 g/mol. The fourth-order valence-corrected chi connectivity index (χ4v) is 2.77. The maximum atomic E-state index is 11.5. The predicted octanol–water partition coefficient (Wildman–Crippen LogP) is 4.95. The average Bonchev–Trinajstić information content (AvgIpc) is 2.72. The van der Waals surface area contributed by atoms with Gasteiger partial charge < -0.3 is 24.8 Å². The SMILES string of the molecule is CC(O)COC(C)COC(=O)CCCCCCCC(=O)O.CCCCCCCCC(=O)O. The molecule has 0 rings (SSSR count). The molecule has 32 heavy (non-hydrogen) atoms. The molecule has 2 atom stereocenters. The molecule has 0 aliphatic carbocycles. The van der Waals surface area contributed by atoms with E-state index in [-0.39, 0.29) is 31.7 Å². The maximum absolute atomic E-state index is 11.5. The smallest absolute Gasteiger partial charge is 0.305 e. The number of carboxylic acids is 2. The molecule has 0 bridgehead atoms. The number of rotatable bonds is 20. The van der Waals surface area contributed by atoms with Crippen LogP contribution >= 0.6 is 0 Å². The molecule has 0 aliphatic rings. The minimum Gasteiger partial charge on any atom is -0.481 e. The number of unbranched alkanes of at least 4 members (excludes halogenated alkanes) is 9. The second-order valence-corrected chi connectivity index (χ2v) is 8.25. The van der Waals surface area contributed by atoms with E-state index in [4.69, 9.17) is 24.8 Å². The van der Waals surface area contributed by atoms with E-state index in [2.05, 4.69) is 6.92 Å². The molecule has 0 aromatic rings. The Balaban J connectivity index is 0. The van der Waals surface area contributed by atoms with Crippen molar-refractivity contribution in [2.45, 2.75) is 123 Å². The van der Waals surface area contributed by atoms with Gasteiger partial charge in [-0.3, -0.25) is 14.4 Å². The highest BCUT2D eigenvalue weighted by Crippen LogP contribution is 2.08. The third-order valence-electron chi connectivity index (χ3n) is 4.62. The lowest BCUT2D eigenvalue weighted by atomic mass is 10.1.